The molecule has 0 saturated heterocycles. The van der Waals surface area contributed by atoms with Crippen LogP contribution >= 0.6 is 23.2 Å². The number of benzene rings is 1. The molecule has 0 aliphatic heterocycles. The van der Waals surface area contributed by atoms with E-state index in [1.807, 2.05) is 24.3 Å². The molecule has 1 rings (SSSR count). The van der Waals surface area contributed by atoms with E-state index in [9.17, 15) is 0 Å². The van der Waals surface area contributed by atoms with Crippen LogP contribution in [0.1, 0.15) is 24.1 Å². The lowest BCUT2D eigenvalue weighted by Crippen LogP contribution is -2.17. The Morgan fingerprint density at radius 2 is 1.77 bits per heavy atom. The lowest BCUT2D eigenvalue weighted by Gasteiger charge is -2.12. The molecule has 0 unspecified atom stereocenters. The van der Waals surface area contributed by atoms with Gasteiger partial charge in [0, 0.05) is 0 Å². The second kappa shape index (κ2) is 4.85. The van der Waals surface area contributed by atoms with Crippen LogP contribution in [-0.4, -0.2) is 4.84 Å². The number of alkyl halides is 2. The lowest BCUT2D eigenvalue weighted by atomic mass is 10.1. The van der Waals surface area contributed by atoms with Gasteiger partial charge in [-0.1, -0.05) is 31.2 Å². The molecule has 3 heteroatoms. The summed E-state index contributed by atoms with van der Waals surface area (Å²) in [6.07, 6.45) is 1.03. The van der Waals surface area contributed by atoms with Gasteiger partial charge in [-0.05, 0) is 17.5 Å². The first kappa shape index (κ1) is 10.8. The van der Waals surface area contributed by atoms with Gasteiger partial charge in [0.25, 0.3) is 0 Å². The maximum Gasteiger partial charge on any atom is 0.127 e. The van der Waals surface area contributed by atoms with Crippen molar-refractivity contribution in [3.8, 4) is 0 Å². The molecule has 0 spiro atoms. The minimum absolute atomic E-state index is 0.297. The highest BCUT2D eigenvalue weighted by Crippen LogP contribution is 2.21. The van der Waals surface area contributed by atoms with Gasteiger partial charge in [0.15, 0.2) is 0 Å². The fourth-order valence-corrected chi connectivity index (χ4v) is 1.41. The van der Waals surface area contributed by atoms with Crippen LogP contribution in [0.5, 0.6) is 0 Å². The number of aryl methyl sites for hydroxylation is 1. The van der Waals surface area contributed by atoms with Gasteiger partial charge in [-0.25, -0.2) is 0 Å². The van der Waals surface area contributed by atoms with E-state index in [0.29, 0.717) is 0 Å². The van der Waals surface area contributed by atoms with Gasteiger partial charge in [0.1, 0.15) is 4.84 Å². The minimum atomic E-state index is -0.549. The van der Waals surface area contributed by atoms with Gasteiger partial charge in [-0.3, -0.25) is 0 Å². The van der Waals surface area contributed by atoms with E-state index < -0.39 is 4.84 Å². The smallest absolute Gasteiger partial charge is 0.127 e. The van der Waals surface area contributed by atoms with Crippen LogP contribution in [0.25, 0.3) is 0 Å². The number of rotatable bonds is 3. The van der Waals surface area contributed by atoms with Crippen molar-refractivity contribution in [3.63, 3.8) is 0 Å². The molecule has 0 aliphatic rings. The van der Waals surface area contributed by atoms with Crippen LogP contribution in [-0.2, 0) is 6.42 Å². The number of halogens is 2. The van der Waals surface area contributed by atoms with Gasteiger partial charge < -0.3 is 5.73 Å². The van der Waals surface area contributed by atoms with Gasteiger partial charge >= 0.3 is 0 Å². The molecule has 1 aromatic rings. The third-order valence-corrected chi connectivity index (χ3v) is 2.59. The Labute approximate surface area is 88.8 Å². The third-order valence-electron chi connectivity index (χ3n) is 2.04. The Morgan fingerprint density at radius 1 is 1.23 bits per heavy atom. The summed E-state index contributed by atoms with van der Waals surface area (Å²) < 4.78 is 0. The van der Waals surface area contributed by atoms with E-state index >= 15 is 0 Å². The molecule has 1 aromatic carbocycles. The Morgan fingerprint density at radius 3 is 2.15 bits per heavy atom. The summed E-state index contributed by atoms with van der Waals surface area (Å²) in [4.78, 5) is -0.549. The largest absolute Gasteiger partial charge is 0.322 e. The minimum Gasteiger partial charge on any atom is -0.322 e. The van der Waals surface area contributed by atoms with Gasteiger partial charge in [-0.2, -0.15) is 0 Å². The first-order chi connectivity index (χ1) is 6.15. The topological polar surface area (TPSA) is 26.0 Å². The van der Waals surface area contributed by atoms with Crippen molar-refractivity contribution in [2.24, 2.45) is 5.73 Å². The molecule has 72 valence electrons. The molecule has 0 saturated carbocycles. The second-order valence-electron chi connectivity index (χ2n) is 2.96. The van der Waals surface area contributed by atoms with Crippen molar-refractivity contribution in [1.29, 1.82) is 0 Å². The lowest BCUT2D eigenvalue weighted by molar-refractivity contribution is 0.788. The molecule has 0 heterocycles. The molecule has 2 N–H and O–H groups in total. The van der Waals surface area contributed by atoms with Crippen molar-refractivity contribution in [2.75, 3.05) is 0 Å². The Hall–Kier alpha value is -0.240. The molecular formula is C10H13Cl2N. The Bertz CT molecular complexity index is 256. The molecule has 1 nitrogen and oxygen atoms in total. The molecule has 0 amide bonds. The van der Waals surface area contributed by atoms with Crippen LogP contribution in [0.3, 0.4) is 0 Å². The summed E-state index contributed by atoms with van der Waals surface area (Å²) >= 11 is 11.4. The third kappa shape index (κ3) is 2.87. The fraction of sp³-hybridized carbons (Fsp3) is 0.400. The fourth-order valence-electron chi connectivity index (χ4n) is 1.12. The van der Waals surface area contributed by atoms with Crippen molar-refractivity contribution in [1.82, 2.24) is 0 Å². The SMILES string of the molecule is CCc1ccc([C@H](N)C(Cl)Cl)cc1. The summed E-state index contributed by atoms with van der Waals surface area (Å²) in [5.41, 5.74) is 8.03. The van der Waals surface area contributed by atoms with E-state index in [-0.39, 0.29) is 6.04 Å². The van der Waals surface area contributed by atoms with Crippen molar-refractivity contribution in [3.05, 3.63) is 35.4 Å². The van der Waals surface area contributed by atoms with Crippen LogP contribution in [0, 0.1) is 0 Å². The van der Waals surface area contributed by atoms with E-state index in [1.54, 1.807) is 0 Å². The van der Waals surface area contributed by atoms with Crippen LogP contribution in [0.4, 0.5) is 0 Å². The summed E-state index contributed by atoms with van der Waals surface area (Å²) in [7, 11) is 0. The van der Waals surface area contributed by atoms with Gasteiger partial charge in [0.05, 0.1) is 6.04 Å². The van der Waals surface area contributed by atoms with Crippen LogP contribution in [0.15, 0.2) is 24.3 Å². The maximum absolute atomic E-state index is 5.77. The molecule has 13 heavy (non-hydrogen) atoms. The Balaban J connectivity index is 2.79. The Kier molecular flexibility index (Phi) is 4.04. The molecule has 0 bridgehead atoms. The predicted molar refractivity (Wildman–Crippen MR) is 58.2 cm³/mol. The van der Waals surface area contributed by atoms with E-state index in [4.69, 9.17) is 28.9 Å². The average Bonchev–Trinajstić information content (AvgIpc) is 2.17. The first-order valence-electron chi connectivity index (χ1n) is 4.27. The molecule has 0 aromatic heterocycles. The summed E-state index contributed by atoms with van der Waals surface area (Å²) in [6, 6.07) is 7.74. The monoisotopic (exact) mass is 217 g/mol. The van der Waals surface area contributed by atoms with E-state index in [0.717, 1.165) is 12.0 Å². The average molecular weight is 218 g/mol. The van der Waals surface area contributed by atoms with Crippen LogP contribution in [0.2, 0.25) is 0 Å². The van der Waals surface area contributed by atoms with Crippen molar-refractivity contribution in [2.45, 2.75) is 24.2 Å². The van der Waals surface area contributed by atoms with Gasteiger partial charge in [0.2, 0.25) is 0 Å². The molecule has 0 fully saturated rings. The van der Waals surface area contributed by atoms with Gasteiger partial charge in [-0.15, -0.1) is 23.2 Å². The highest BCUT2D eigenvalue weighted by Gasteiger charge is 2.13. The molecule has 1 atom stereocenters. The summed E-state index contributed by atoms with van der Waals surface area (Å²) in [5, 5.41) is 0. The first-order valence-corrected chi connectivity index (χ1v) is 5.15. The molecule has 0 radical (unpaired) electrons. The number of hydrogen-bond donors (Lipinski definition) is 1. The van der Waals surface area contributed by atoms with E-state index in [1.165, 1.54) is 5.56 Å². The quantitative estimate of drug-likeness (QED) is 0.775. The summed E-state index contributed by atoms with van der Waals surface area (Å²) in [6.45, 7) is 2.11. The second-order valence-corrected chi connectivity index (χ2v) is 4.12. The highest BCUT2D eigenvalue weighted by atomic mass is 35.5. The standard InChI is InChI=1S/C10H13Cl2N/c1-2-7-3-5-8(6-4-7)9(13)10(11)12/h3-6,9-10H,2,13H2,1H3/t9-/m0/s1. The normalized spacial score (nSPS) is 13.3. The zero-order chi connectivity index (χ0) is 9.84. The molecule has 0 aliphatic carbocycles. The number of hydrogen-bond acceptors (Lipinski definition) is 1. The zero-order valence-electron chi connectivity index (χ0n) is 7.50. The van der Waals surface area contributed by atoms with Crippen molar-refractivity contribution >= 4 is 23.2 Å². The predicted octanol–water partition coefficient (Wildman–Crippen LogP) is 3.05. The summed E-state index contributed by atoms with van der Waals surface area (Å²) in [5.74, 6) is 0. The van der Waals surface area contributed by atoms with Crippen molar-refractivity contribution < 1.29 is 0 Å². The highest BCUT2D eigenvalue weighted by molar-refractivity contribution is 6.44. The van der Waals surface area contributed by atoms with Crippen LogP contribution < -0.4 is 5.73 Å². The molecular weight excluding hydrogens is 205 g/mol. The van der Waals surface area contributed by atoms with E-state index in [2.05, 4.69) is 6.92 Å². The zero-order valence-corrected chi connectivity index (χ0v) is 9.02. The number of nitrogens with two attached hydrogens (primary N) is 1. The maximum atomic E-state index is 5.77.